The highest BCUT2D eigenvalue weighted by Crippen LogP contribution is 2.55. The molecule has 0 radical (unpaired) electrons. The molecule has 0 saturated carbocycles. The minimum atomic E-state index is -0.559. The fourth-order valence-corrected chi connectivity index (χ4v) is 7.75. The van der Waals surface area contributed by atoms with Gasteiger partial charge in [0.15, 0.2) is 0 Å². The maximum absolute atomic E-state index is 14.9. The summed E-state index contributed by atoms with van der Waals surface area (Å²) in [7, 11) is 0. The van der Waals surface area contributed by atoms with E-state index in [1.54, 1.807) is 0 Å². The first-order valence-electron chi connectivity index (χ1n) is 15.7. The summed E-state index contributed by atoms with van der Waals surface area (Å²) in [6, 6.07) is 61.6. The minimum absolute atomic E-state index is 0.0114. The van der Waals surface area contributed by atoms with Crippen LogP contribution in [-0.4, -0.2) is 4.57 Å². The molecule has 7 aromatic carbocycles. The molecular weight excluding hydrogens is 558 g/mol. The fraction of sp³-hybridized carbons (Fsp3) is 0.0227. The summed E-state index contributed by atoms with van der Waals surface area (Å²) in [5.41, 5.74) is 10.3. The highest BCUT2D eigenvalue weighted by molar-refractivity contribution is 6.15. The van der Waals surface area contributed by atoms with Gasteiger partial charge in [0, 0.05) is 16.2 Å². The SMILES string of the molecule is O=c1c2cccc3c2c2c(cccc2n1-c1cc(-c2ccccc2)cc(-c2ccccc2)c1)C3(c1ccccc1)c1ccccc1. The Morgan fingerprint density at radius 2 is 0.891 bits per heavy atom. The van der Waals surface area contributed by atoms with Gasteiger partial charge in [-0.25, -0.2) is 0 Å². The molecule has 0 unspecified atom stereocenters. The van der Waals surface area contributed by atoms with Gasteiger partial charge in [-0.05, 0) is 74.8 Å². The first-order chi connectivity index (χ1) is 22.7. The lowest BCUT2D eigenvalue weighted by atomic mass is 9.67. The molecule has 0 aliphatic heterocycles. The van der Waals surface area contributed by atoms with Crippen molar-refractivity contribution in [3.63, 3.8) is 0 Å². The molecule has 0 fully saturated rings. The highest BCUT2D eigenvalue weighted by Gasteiger charge is 2.45. The molecule has 0 atom stereocenters. The molecule has 0 bridgehead atoms. The maximum Gasteiger partial charge on any atom is 0.263 e. The van der Waals surface area contributed by atoms with E-state index < -0.39 is 5.41 Å². The standard InChI is InChI=1S/C44H29NO/c46-43-37-23-13-24-38-41(37)42-39(44(38,34-19-9-3-10-20-34)35-21-11-4-12-22-35)25-14-26-40(42)45(43)36-28-32(30-15-5-1-6-16-30)27-33(29-36)31-17-7-2-8-18-31/h1-29H. The second-order valence-corrected chi connectivity index (χ2v) is 12.1. The predicted molar refractivity (Wildman–Crippen MR) is 190 cm³/mol. The molecule has 2 heteroatoms. The van der Waals surface area contributed by atoms with Crippen molar-refractivity contribution in [1.82, 2.24) is 4.57 Å². The molecule has 1 aliphatic rings. The summed E-state index contributed by atoms with van der Waals surface area (Å²) in [5.74, 6) is 0. The molecule has 0 amide bonds. The Labute approximate surface area is 267 Å². The molecule has 0 N–H and O–H groups in total. The van der Waals surface area contributed by atoms with Gasteiger partial charge in [-0.2, -0.15) is 0 Å². The van der Waals surface area contributed by atoms with Crippen LogP contribution in [0.1, 0.15) is 22.3 Å². The monoisotopic (exact) mass is 587 g/mol. The second kappa shape index (κ2) is 10.3. The first kappa shape index (κ1) is 26.4. The van der Waals surface area contributed by atoms with Crippen LogP contribution in [0.5, 0.6) is 0 Å². The Morgan fingerprint density at radius 3 is 1.43 bits per heavy atom. The second-order valence-electron chi connectivity index (χ2n) is 12.1. The third kappa shape index (κ3) is 3.74. The lowest BCUT2D eigenvalue weighted by Crippen LogP contribution is -2.28. The van der Waals surface area contributed by atoms with E-state index in [0.717, 1.165) is 55.2 Å². The van der Waals surface area contributed by atoms with Crippen molar-refractivity contribution < 1.29 is 0 Å². The third-order valence-corrected chi connectivity index (χ3v) is 9.64. The Hall–Kier alpha value is -5.99. The summed E-state index contributed by atoms with van der Waals surface area (Å²) < 4.78 is 1.94. The van der Waals surface area contributed by atoms with Crippen molar-refractivity contribution in [3.8, 4) is 27.9 Å². The van der Waals surface area contributed by atoms with Crippen LogP contribution in [0.4, 0.5) is 0 Å². The summed E-state index contributed by atoms with van der Waals surface area (Å²) >= 11 is 0. The van der Waals surface area contributed by atoms with Crippen LogP contribution < -0.4 is 5.56 Å². The van der Waals surface area contributed by atoms with Gasteiger partial charge in [0.2, 0.25) is 0 Å². The van der Waals surface area contributed by atoms with Crippen LogP contribution in [0.15, 0.2) is 181 Å². The number of hydrogen-bond acceptors (Lipinski definition) is 1. The summed E-state index contributed by atoms with van der Waals surface area (Å²) in [6.07, 6.45) is 0. The van der Waals surface area contributed by atoms with E-state index in [1.807, 2.05) is 22.8 Å². The Bertz CT molecular complexity index is 2370. The summed E-state index contributed by atoms with van der Waals surface area (Å²) in [5, 5.41) is 2.91. The zero-order valence-electron chi connectivity index (χ0n) is 25.1. The van der Waals surface area contributed by atoms with Crippen molar-refractivity contribution >= 4 is 21.7 Å². The van der Waals surface area contributed by atoms with Crippen LogP contribution in [0.2, 0.25) is 0 Å². The Kier molecular flexibility index (Phi) is 5.91. The lowest BCUT2D eigenvalue weighted by molar-refractivity contribution is 0.771. The van der Waals surface area contributed by atoms with E-state index in [2.05, 4.69) is 158 Å². The van der Waals surface area contributed by atoms with Crippen molar-refractivity contribution in [2.24, 2.45) is 0 Å². The quantitative estimate of drug-likeness (QED) is 0.184. The van der Waals surface area contributed by atoms with Crippen LogP contribution in [0.3, 0.4) is 0 Å². The van der Waals surface area contributed by atoms with Gasteiger partial charge in [0.1, 0.15) is 0 Å². The van der Waals surface area contributed by atoms with Crippen molar-refractivity contribution in [2.45, 2.75) is 5.41 Å². The van der Waals surface area contributed by atoms with Crippen LogP contribution in [-0.2, 0) is 5.41 Å². The van der Waals surface area contributed by atoms with E-state index in [0.29, 0.717) is 0 Å². The number of benzene rings is 7. The van der Waals surface area contributed by atoms with E-state index >= 15 is 0 Å². The molecule has 9 rings (SSSR count). The number of rotatable bonds is 5. The normalized spacial score (nSPS) is 13.0. The van der Waals surface area contributed by atoms with Gasteiger partial charge in [0.25, 0.3) is 5.56 Å². The van der Waals surface area contributed by atoms with E-state index in [9.17, 15) is 4.79 Å². The topological polar surface area (TPSA) is 22.0 Å². The molecule has 216 valence electrons. The van der Waals surface area contributed by atoms with Gasteiger partial charge in [-0.3, -0.25) is 9.36 Å². The Balaban J connectivity index is 1.42. The zero-order chi connectivity index (χ0) is 30.7. The molecule has 8 aromatic rings. The fourth-order valence-electron chi connectivity index (χ4n) is 7.75. The van der Waals surface area contributed by atoms with Crippen LogP contribution in [0.25, 0.3) is 49.6 Å². The number of hydrogen-bond donors (Lipinski definition) is 0. The average molecular weight is 588 g/mol. The number of aromatic nitrogens is 1. The van der Waals surface area contributed by atoms with Gasteiger partial charge in [0.05, 0.1) is 16.6 Å². The van der Waals surface area contributed by atoms with Gasteiger partial charge < -0.3 is 0 Å². The average Bonchev–Trinajstić information content (AvgIpc) is 3.45. The summed E-state index contributed by atoms with van der Waals surface area (Å²) in [4.78, 5) is 14.9. The van der Waals surface area contributed by atoms with E-state index in [-0.39, 0.29) is 5.56 Å². The molecule has 1 aliphatic carbocycles. The predicted octanol–water partition coefficient (Wildman–Crippen LogP) is 10.2. The Morgan fingerprint density at radius 1 is 0.413 bits per heavy atom. The molecule has 0 spiro atoms. The minimum Gasteiger partial charge on any atom is -0.276 e. The lowest BCUT2D eigenvalue weighted by Gasteiger charge is -2.34. The van der Waals surface area contributed by atoms with Gasteiger partial charge in [-0.1, -0.05) is 146 Å². The largest absolute Gasteiger partial charge is 0.276 e. The molecule has 0 saturated heterocycles. The molecular formula is C44H29NO. The number of pyridine rings is 1. The van der Waals surface area contributed by atoms with E-state index in [1.165, 1.54) is 16.7 Å². The molecule has 1 heterocycles. The summed E-state index contributed by atoms with van der Waals surface area (Å²) in [6.45, 7) is 0. The third-order valence-electron chi connectivity index (χ3n) is 9.64. The van der Waals surface area contributed by atoms with Crippen LogP contribution >= 0.6 is 0 Å². The molecule has 2 nitrogen and oxygen atoms in total. The van der Waals surface area contributed by atoms with Crippen molar-refractivity contribution in [2.75, 3.05) is 0 Å². The van der Waals surface area contributed by atoms with Gasteiger partial charge >= 0.3 is 0 Å². The highest BCUT2D eigenvalue weighted by atomic mass is 16.1. The van der Waals surface area contributed by atoms with Crippen molar-refractivity contribution in [3.05, 3.63) is 209 Å². The smallest absolute Gasteiger partial charge is 0.263 e. The molecule has 46 heavy (non-hydrogen) atoms. The zero-order valence-corrected chi connectivity index (χ0v) is 25.1. The van der Waals surface area contributed by atoms with Gasteiger partial charge in [-0.15, -0.1) is 0 Å². The first-order valence-corrected chi connectivity index (χ1v) is 15.7. The van der Waals surface area contributed by atoms with E-state index in [4.69, 9.17) is 0 Å². The maximum atomic E-state index is 14.9. The molecule has 1 aromatic heterocycles. The number of nitrogens with zero attached hydrogens (tertiary/aromatic N) is 1. The van der Waals surface area contributed by atoms with Crippen molar-refractivity contribution in [1.29, 1.82) is 0 Å². The van der Waals surface area contributed by atoms with Crippen LogP contribution in [0, 0.1) is 0 Å².